The first-order chi connectivity index (χ1) is 9.56. The number of aryl methyl sites for hydroxylation is 4. The highest BCUT2D eigenvalue weighted by Crippen LogP contribution is 2.25. The fourth-order valence-corrected chi connectivity index (χ4v) is 3.39. The van der Waals surface area contributed by atoms with Crippen molar-refractivity contribution >= 4 is 11.3 Å². The van der Waals surface area contributed by atoms with Gasteiger partial charge in [-0.05, 0) is 27.2 Å². The molecule has 2 aromatic rings. The Morgan fingerprint density at radius 2 is 2.00 bits per heavy atom. The van der Waals surface area contributed by atoms with Gasteiger partial charge in [0, 0.05) is 29.4 Å². The second-order valence-corrected chi connectivity index (χ2v) is 6.26. The van der Waals surface area contributed by atoms with Gasteiger partial charge in [-0.2, -0.15) is 0 Å². The molecular formula is C15H23N3OS. The van der Waals surface area contributed by atoms with E-state index >= 15 is 0 Å². The normalized spacial score (nSPS) is 12.8. The number of hydrogen-bond donors (Lipinski definition) is 1. The van der Waals surface area contributed by atoms with Gasteiger partial charge in [-0.3, -0.25) is 0 Å². The number of nitrogens with zero attached hydrogens (tertiary/aromatic N) is 2. The molecule has 2 heterocycles. The first-order valence-electron chi connectivity index (χ1n) is 7.20. The van der Waals surface area contributed by atoms with Gasteiger partial charge >= 0.3 is 0 Å². The van der Waals surface area contributed by atoms with Crippen LogP contribution in [0.25, 0.3) is 0 Å². The van der Waals surface area contributed by atoms with Crippen molar-refractivity contribution in [2.45, 2.75) is 60.0 Å². The Bertz CT molecular complexity index is 552. The van der Waals surface area contributed by atoms with E-state index in [1.807, 2.05) is 0 Å². The maximum Gasteiger partial charge on any atom is 0.141 e. The van der Waals surface area contributed by atoms with Crippen LogP contribution in [0.3, 0.4) is 0 Å². The third-order valence-corrected chi connectivity index (χ3v) is 4.78. The number of hydrogen-bond acceptors (Lipinski definition) is 5. The molecule has 0 spiro atoms. The number of nitrogens with one attached hydrogen (secondary N) is 1. The van der Waals surface area contributed by atoms with E-state index in [0.717, 1.165) is 41.5 Å². The van der Waals surface area contributed by atoms with Crippen molar-refractivity contribution in [3.63, 3.8) is 0 Å². The summed E-state index contributed by atoms with van der Waals surface area (Å²) in [6, 6.07) is 0.297. The number of thiazole rings is 1. The van der Waals surface area contributed by atoms with Gasteiger partial charge in [0.25, 0.3) is 0 Å². The van der Waals surface area contributed by atoms with Crippen LogP contribution in [-0.2, 0) is 19.4 Å². The van der Waals surface area contributed by atoms with Crippen LogP contribution >= 0.6 is 11.3 Å². The predicted molar refractivity (Wildman–Crippen MR) is 82.1 cm³/mol. The van der Waals surface area contributed by atoms with Gasteiger partial charge in [0.15, 0.2) is 0 Å². The lowest BCUT2D eigenvalue weighted by atomic mass is 10.1. The van der Waals surface area contributed by atoms with Gasteiger partial charge in [-0.1, -0.05) is 19.0 Å². The van der Waals surface area contributed by atoms with E-state index in [1.165, 1.54) is 10.4 Å². The monoisotopic (exact) mass is 293 g/mol. The molecule has 0 amide bonds. The average molecular weight is 293 g/mol. The second-order valence-electron chi connectivity index (χ2n) is 5.02. The fraction of sp³-hybridized carbons (Fsp3) is 0.600. The summed E-state index contributed by atoms with van der Waals surface area (Å²) >= 11 is 1.77. The van der Waals surface area contributed by atoms with Gasteiger partial charge in [-0.15, -0.1) is 11.3 Å². The van der Waals surface area contributed by atoms with E-state index in [2.05, 4.69) is 50.1 Å². The SMILES string of the molecule is CCc1noc(CC)c1CNC(C)c1sc(C)nc1C. The molecule has 0 saturated carbocycles. The molecule has 0 aliphatic carbocycles. The molecule has 0 aromatic carbocycles. The molecule has 0 bridgehead atoms. The van der Waals surface area contributed by atoms with Crippen molar-refractivity contribution in [1.29, 1.82) is 0 Å². The van der Waals surface area contributed by atoms with Crippen molar-refractivity contribution in [2.75, 3.05) is 0 Å². The Morgan fingerprint density at radius 3 is 2.55 bits per heavy atom. The van der Waals surface area contributed by atoms with E-state index in [1.54, 1.807) is 11.3 Å². The average Bonchev–Trinajstić information content (AvgIpc) is 2.98. The molecule has 0 aliphatic heterocycles. The highest BCUT2D eigenvalue weighted by molar-refractivity contribution is 7.11. The molecule has 0 fully saturated rings. The summed E-state index contributed by atoms with van der Waals surface area (Å²) in [5.74, 6) is 0.999. The van der Waals surface area contributed by atoms with Crippen molar-refractivity contribution < 1.29 is 4.52 Å². The van der Waals surface area contributed by atoms with E-state index in [0.29, 0.717) is 6.04 Å². The lowest BCUT2D eigenvalue weighted by molar-refractivity contribution is 0.379. The Hall–Kier alpha value is -1.20. The largest absolute Gasteiger partial charge is 0.361 e. The zero-order chi connectivity index (χ0) is 14.7. The smallest absolute Gasteiger partial charge is 0.141 e. The highest BCUT2D eigenvalue weighted by Gasteiger charge is 2.16. The highest BCUT2D eigenvalue weighted by atomic mass is 32.1. The molecule has 1 atom stereocenters. The van der Waals surface area contributed by atoms with Crippen LogP contribution in [0.5, 0.6) is 0 Å². The third-order valence-electron chi connectivity index (χ3n) is 3.52. The fourth-order valence-electron chi connectivity index (χ4n) is 2.43. The minimum atomic E-state index is 0.297. The molecule has 4 nitrogen and oxygen atoms in total. The van der Waals surface area contributed by atoms with Crippen LogP contribution < -0.4 is 5.32 Å². The summed E-state index contributed by atoms with van der Waals surface area (Å²) in [5, 5.41) is 8.85. The van der Waals surface area contributed by atoms with Gasteiger partial charge in [0.05, 0.1) is 16.4 Å². The molecule has 20 heavy (non-hydrogen) atoms. The zero-order valence-electron chi connectivity index (χ0n) is 12.9. The summed E-state index contributed by atoms with van der Waals surface area (Å²) in [4.78, 5) is 5.81. The van der Waals surface area contributed by atoms with Crippen LogP contribution in [0.4, 0.5) is 0 Å². The molecule has 2 rings (SSSR count). The van der Waals surface area contributed by atoms with Crippen molar-refractivity contribution in [2.24, 2.45) is 0 Å². The Labute approximate surface area is 124 Å². The predicted octanol–water partition coefficient (Wildman–Crippen LogP) is 3.72. The van der Waals surface area contributed by atoms with Crippen LogP contribution in [-0.4, -0.2) is 10.1 Å². The van der Waals surface area contributed by atoms with Crippen molar-refractivity contribution in [3.05, 3.63) is 32.6 Å². The molecule has 110 valence electrons. The summed E-state index contributed by atoms with van der Waals surface area (Å²) in [6.45, 7) is 11.3. The number of aromatic nitrogens is 2. The maximum atomic E-state index is 5.40. The van der Waals surface area contributed by atoms with Crippen LogP contribution in [0.1, 0.15) is 59.4 Å². The van der Waals surface area contributed by atoms with Crippen molar-refractivity contribution in [3.8, 4) is 0 Å². The molecule has 1 unspecified atom stereocenters. The lowest BCUT2D eigenvalue weighted by Crippen LogP contribution is -2.19. The summed E-state index contributed by atoms with van der Waals surface area (Å²) in [7, 11) is 0. The Morgan fingerprint density at radius 1 is 1.25 bits per heavy atom. The first-order valence-corrected chi connectivity index (χ1v) is 8.02. The summed E-state index contributed by atoms with van der Waals surface area (Å²) < 4.78 is 5.40. The molecular weight excluding hydrogens is 270 g/mol. The first kappa shape index (κ1) is 15.2. The quantitative estimate of drug-likeness (QED) is 0.882. The molecule has 0 aliphatic rings. The molecule has 5 heteroatoms. The van der Waals surface area contributed by atoms with Gasteiger partial charge in [-0.25, -0.2) is 4.98 Å². The topological polar surface area (TPSA) is 51.0 Å². The van der Waals surface area contributed by atoms with E-state index in [4.69, 9.17) is 4.52 Å². The number of rotatable bonds is 6. The second kappa shape index (κ2) is 6.50. The van der Waals surface area contributed by atoms with Crippen LogP contribution in [0.2, 0.25) is 0 Å². The third kappa shape index (κ3) is 3.10. The summed E-state index contributed by atoms with van der Waals surface area (Å²) in [6.07, 6.45) is 1.80. The van der Waals surface area contributed by atoms with Crippen LogP contribution in [0, 0.1) is 13.8 Å². The summed E-state index contributed by atoms with van der Waals surface area (Å²) in [5.41, 5.74) is 3.42. The van der Waals surface area contributed by atoms with Crippen LogP contribution in [0.15, 0.2) is 4.52 Å². The molecule has 2 aromatic heterocycles. The lowest BCUT2D eigenvalue weighted by Gasteiger charge is -2.13. The minimum absolute atomic E-state index is 0.297. The maximum absolute atomic E-state index is 5.40. The zero-order valence-corrected chi connectivity index (χ0v) is 13.7. The standard InChI is InChI=1S/C15H23N3OS/c1-6-13-12(14(7-2)19-18-13)8-16-9(3)15-10(4)17-11(5)20-15/h9,16H,6-8H2,1-5H3. The van der Waals surface area contributed by atoms with Gasteiger partial charge in [0.2, 0.25) is 0 Å². The Balaban J connectivity index is 2.08. The van der Waals surface area contributed by atoms with Gasteiger partial charge in [0.1, 0.15) is 5.76 Å². The Kier molecular flexibility index (Phi) is 4.94. The van der Waals surface area contributed by atoms with Gasteiger partial charge < -0.3 is 9.84 Å². The van der Waals surface area contributed by atoms with E-state index < -0.39 is 0 Å². The van der Waals surface area contributed by atoms with Crippen molar-refractivity contribution in [1.82, 2.24) is 15.5 Å². The van der Waals surface area contributed by atoms with E-state index in [9.17, 15) is 0 Å². The molecule has 1 N–H and O–H groups in total. The van der Waals surface area contributed by atoms with E-state index in [-0.39, 0.29) is 0 Å². The molecule has 0 radical (unpaired) electrons. The molecule has 0 saturated heterocycles. The minimum Gasteiger partial charge on any atom is -0.361 e.